The Morgan fingerprint density at radius 1 is 1.71 bits per heavy atom. The van der Waals surface area contributed by atoms with Gasteiger partial charge in [0, 0.05) is 23.4 Å². The quantitative estimate of drug-likeness (QED) is 0.858. The van der Waals surface area contributed by atoms with Crippen molar-refractivity contribution in [3.8, 4) is 0 Å². The number of carboxylic acids is 1. The number of hydrogen-bond donors (Lipinski definition) is 2. The molecule has 1 rings (SSSR count). The van der Waals surface area contributed by atoms with Crippen LogP contribution in [0.5, 0.6) is 0 Å². The minimum absolute atomic E-state index is 0.500. The van der Waals surface area contributed by atoms with E-state index >= 15 is 0 Å². The molecule has 0 saturated heterocycles. The molecule has 2 N–H and O–H groups in total. The van der Waals surface area contributed by atoms with E-state index < -0.39 is 12.0 Å². The van der Waals surface area contributed by atoms with Gasteiger partial charge in [0.1, 0.15) is 6.04 Å². The summed E-state index contributed by atoms with van der Waals surface area (Å²) in [4.78, 5) is 14.5. The van der Waals surface area contributed by atoms with Crippen LogP contribution in [0.15, 0.2) is 22.9 Å². The number of nitrogens with one attached hydrogen (secondary N) is 1. The average molecular weight is 259 g/mol. The maximum absolute atomic E-state index is 10.5. The molecule has 1 atom stereocenters. The average Bonchev–Trinajstić information content (AvgIpc) is 2.14. The van der Waals surface area contributed by atoms with E-state index in [0.717, 1.165) is 10.0 Å². The van der Waals surface area contributed by atoms with Crippen LogP contribution in [0, 0.1) is 0 Å². The Morgan fingerprint density at radius 2 is 2.43 bits per heavy atom. The van der Waals surface area contributed by atoms with Gasteiger partial charge in [-0.3, -0.25) is 9.78 Å². The number of aromatic nitrogens is 1. The summed E-state index contributed by atoms with van der Waals surface area (Å²) in [5, 5.41) is 11.5. The van der Waals surface area contributed by atoms with Gasteiger partial charge in [-0.15, -0.1) is 0 Å². The first kappa shape index (κ1) is 11.1. The minimum atomic E-state index is -0.854. The molecule has 14 heavy (non-hydrogen) atoms. The molecule has 0 amide bonds. The lowest BCUT2D eigenvalue weighted by Gasteiger charge is -2.08. The topological polar surface area (TPSA) is 62.2 Å². The van der Waals surface area contributed by atoms with Gasteiger partial charge in [0.15, 0.2) is 0 Å². The van der Waals surface area contributed by atoms with Gasteiger partial charge in [-0.25, -0.2) is 0 Å². The Bertz CT molecular complexity index is 330. The highest BCUT2D eigenvalue weighted by Gasteiger charge is 2.08. The molecule has 1 heterocycles. The zero-order valence-corrected chi connectivity index (χ0v) is 9.28. The van der Waals surface area contributed by atoms with Crippen molar-refractivity contribution in [2.75, 3.05) is 0 Å². The second kappa shape index (κ2) is 5.07. The molecule has 76 valence electrons. The van der Waals surface area contributed by atoms with Gasteiger partial charge in [-0.1, -0.05) is 0 Å². The van der Waals surface area contributed by atoms with Gasteiger partial charge in [-0.05, 0) is 34.5 Å². The van der Waals surface area contributed by atoms with E-state index in [1.54, 1.807) is 19.3 Å². The van der Waals surface area contributed by atoms with Crippen LogP contribution < -0.4 is 5.32 Å². The third-order valence-electron chi connectivity index (χ3n) is 1.74. The summed E-state index contributed by atoms with van der Waals surface area (Å²) in [6.45, 7) is 2.10. The lowest BCUT2D eigenvalue weighted by atomic mass is 10.2. The Morgan fingerprint density at radius 3 is 3.00 bits per heavy atom. The molecule has 0 aliphatic carbocycles. The van der Waals surface area contributed by atoms with E-state index in [1.807, 2.05) is 6.07 Å². The molecule has 0 bridgehead atoms. The van der Waals surface area contributed by atoms with Crippen LogP contribution in [0.4, 0.5) is 0 Å². The first-order valence-electron chi connectivity index (χ1n) is 4.15. The number of aliphatic carboxylic acids is 1. The molecule has 1 aromatic rings. The van der Waals surface area contributed by atoms with Crippen LogP contribution in [0.2, 0.25) is 0 Å². The van der Waals surface area contributed by atoms with Crippen LogP contribution in [-0.2, 0) is 11.3 Å². The number of carboxylic acid groups (broad SMARTS) is 1. The monoisotopic (exact) mass is 258 g/mol. The summed E-state index contributed by atoms with van der Waals surface area (Å²) in [5.74, 6) is -0.854. The van der Waals surface area contributed by atoms with Crippen molar-refractivity contribution >= 4 is 21.9 Å². The fourth-order valence-corrected chi connectivity index (χ4v) is 1.32. The molecule has 5 heteroatoms. The molecule has 0 saturated carbocycles. The predicted molar refractivity (Wildman–Crippen MR) is 55.9 cm³/mol. The zero-order chi connectivity index (χ0) is 10.6. The summed E-state index contributed by atoms with van der Waals surface area (Å²) in [7, 11) is 0. The van der Waals surface area contributed by atoms with Crippen LogP contribution in [0.25, 0.3) is 0 Å². The molecule has 0 aromatic carbocycles. The summed E-state index contributed by atoms with van der Waals surface area (Å²) in [5.41, 5.74) is 0.951. The Kier molecular flexibility index (Phi) is 4.03. The number of nitrogens with zero attached hydrogens (tertiary/aromatic N) is 1. The van der Waals surface area contributed by atoms with Crippen molar-refractivity contribution in [1.29, 1.82) is 0 Å². The van der Waals surface area contributed by atoms with Crippen molar-refractivity contribution in [1.82, 2.24) is 10.3 Å². The van der Waals surface area contributed by atoms with Crippen molar-refractivity contribution in [2.45, 2.75) is 19.5 Å². The van der Waals surface area contributed by atoms with Gasteiger partial charge < -0.3 is 10.4 Å². The van der Waals surface area contributed by atoms with E-state index in [9.17, 15) is 4.79 Å². The molecule has 0 spiro atoms. The number of halogens is 1. The fourth-order valence-electron chi connectivity index (χ4n) is 0.911. The van der Waals surface area contributed by atoms with Crippen molar-refractivity contribution in [2.24, 2.45) is 0 Å². The molecule has 0 aliphatic heterocycles. The summed E-state index contributed by atoms with van der Waals surface area (Å²) in [6, 6.07) is 1.35. The van der Waals surface area contributed by atoms with Crippen LogP contribution in [0.3, 0.4) is 0 Å². The van der Waals surface area contributed by atoms with E-state index in [4.69, 9.17) is 5.11 Å². The molecular weight excluding hydrogens is 248 g/mol. The highest BCUT2D eigenvalue weighted by molar-refractivity contribution is 9.10. The van der Waals surface area contributed by atoms with E-state index in [1.165, 1.54) is 0 Å². The van der Waals surface area contributed by atoms with Gasteiger partial charge in [0.2, 0.25) is 0 Å². The summed E-state index contributed by atoms with van der Waals surface area (Å²) < 4.78 is 0.889. The second-order valence-electron chi connectivity index (χ2n) is 2.95. The number of rotatable bonds is 4. The van der Waals surface area contributed by atoms with Gasteiger partial charge in [0.25, 0.3) is 0 Å². The Labute approximate surface area is 90.5 Å². The lowest BCUT2D eigenvalue weighted by Crippen LogP contribution is -2.33. The Hall–Kier alpha value is -0.940. The van der Waals surface area contributed by atoms with Crippen molar-refractivity contribution in [3.05, 3.63) is 28.5 Å². The van der Waals surface area contributed by atoms with Crippen LogP contribution >= 0.6 is 15.9 Å². The standard InChI is InChI=1S/C9H11BrN2O2/c1-6(9(13)14)12-4-7-2-8(10)5-11-3-7/h2-3,5-6,12H,4H2,1H3,(H,13,14). The highest BCUT2D eigenvalue weighted by atomic mass is 79.9. The highest BCUT2D eigenvalue weighted by Crippen LogP contribution is 2.09. The molecule has 1 unspecified atom stereocenters. The molecule has 0 radical (unpaired) electrons. The maximum Gasteiger partial charge on any atom is 0.320 e. The van der Waals surface area contributed by atoms with Gasteiger partial charge in [0.05, 0.1) is 0 Å². The number of pyridine rings is 1. The molecule has 0 fully saturated rings. The number of carbonyl (C=O) groups is 1. The zero-order valence-electron chi connectivity index (χ0n) is 7.70. The molecule has 0 aliphatic rings. The minimum Gasteiger partial charge on any atom is -0.480 e. The summed E-state index contributed by atoms with van der Waals surface area (Å²) in [6.07, 6.45) is 3.39. The second-order valence-corrected chi connectivity index (χ2v) is 3.87. The normalized spacial score (nSPS) is 12.4. The third-order valence-corrected chi connectivity index (χ3v) is 2.18. The third kappa shape index (κ3) is 3.43. The summed E-state index contributed by atoms with van der Waals surface area (Å²) >= 11 is 3.29. The first-order chi connectivity index (χ1) is 6.59. The molecule has 4 nitrogen and oxygen atoms in total. The first-order valence-corrected chi connectivity index (χ1v) is 4.94. The van der Waals surface area contributed by atoms with Crippen LogP contribution in [0.1, 0.15) is 12.5 Å². The largest absolute Gasteiger partial charge is 0.480 e. The fraction of sp³-hybridized carbons (Fsp3) is 0.333. The SMILES string of the molecule is CC(NCc1cncc(Br)c1)C(=O)O. The van der Waals surface area contributed by atoms with Gasteiger partial charge in [-0.2, -0.15) is 0 Å². The van der Waals surface area contributed by atoms with Crippen LogP contribution in [-0.4, -0.2) is 22.1 Å². The van der Waals surface area contributed by atoms with Crippen molar-refractivity contribution < 1.29 is 9.90 Å². The van der Waals surface area contributed by atoms with E-state index in [0.29, 0.717) is 6.54 Å². The number of hydrogen-bond acceptors (Lipinski definition) is 3. The van der Waals surface area contributed by atoms with Crippen molar-refractivity contribution in [3.63, 3.8) is 0 Å². The Balaban J connectivity index is 2.49. The molecule has 1 aromatic heterocycles. The maximum atomic E-state index is 10.5. The lowest BCUT2D eigenvalue weighted by molar-refractivity contribution is -0.139. The van der Waals surface area contributed by atoms with Gasteiger partial charge >= 0.3 is 5.97 Å². The predicted octanol–water partition coefficient (Wildman–Crippen LogP) is 1.41. The van der Waals surface area contributed by atoms with E-state index in [-0.39, 0.29) is 0 Å². The molecular formula is C9H11BrN2O2. The van der Waals surface area contributed by atoms with E-state index in [2.05, 4.69) is 26.2 Å². The smallest absolute Gasteiger partial charge is 0.320 e.